The van der Waals surface area contributed by atoms with Crippen LogP contribution in [0.4, 0.5) is 0 Å². The van der Waals surface area contributed by atoms with E-state index in [-0.39, 0.29) is 12.3 Å². The van der Waals surface area contributed by atoms with E-state index in [0.29, 0.717) is 6.61 Å². The first kappa shape index (κ1) is 21.3. The number of methoxy groups -OCH3 is 1. The molecule has 2 aliphatic heterocycles. The van der Waals surface area contributed by atoms with E-state index in [1.54, 1.807) is 7.11 Å². The Bertz CT molecular complexity index is 1330. The zero-order valence-corrected chi connectivity index (χ0v) is 19.5. The smallest absolute Gasteiger partial charge is 0.213 e. The normalized spacial score (nSPS) is 18.2. The van der Waals surface area contributed by atoms with Gasteiger partial charge in [0.1, 0.15) is 23.9 Å². The number of fused-ring (bicyclic) bond motifs is 3. The van der Waals surface area contributed by atoms with E-state index in [1.807, 2.05) is 54.6 Å². The molecule has 35 heavy (non-hydrogen) atoms. The first-order valence-electron chi connectivity index (χ1n) is 11.8. The van der Waals surface area contributed by atoms with Crippen LogP contribution >= 0.6 is 0 Å². The number of hydrogen-bond donors (Lipinski definition) is 0. The summed E-state index contributed by atoms with van der Waals surface area (Å²) in [6, 6.07) is 34.8. The Hall–Kier alpha value is -4.25. The number of rotatable bonds is 6. The van der Waals surface area contributed by atoms with Crippen molar-refractivity contribution in [3.05, 3.63) is 125 Å². The third kappa shape index (κ3) is 4.21. The van der Waals surface area contributed by atoms with Crippen LogP contribution < -0.4 is 14.2 Å². The van der Waals surface area contributed by atoms with Crippen LogP contribution in [0, 0.1) is 0 Å². The summed E-state index contributed by atoms with van der Waals surface area (Å²) in [7, 11) is 1.68. The van der Waals surface area contributed by atoms with E-state index in [4.69, 9.17) is 19.3 Å². The van der Waals surface area contributed by atoms with Gasteiger partial charge in [0.15, 0.2) is 0 Å². The Labute approximate surface area is 205 Å². The van der Waals surface area contributed by atoms with Crippen molar-refractivity contribution in [1.82, 2.24) is 5.01 Å². The molecule has 4 aromatic carbocycles. The Kier molecular flexibility index (Phi) is 5.59. The van der Waals surface area contributed by atoms with Gasteiger partial charge in [0.25, 0.3) is 0 Å². The lowest BCUT2D eigenvalue weighted by Gasteiger charge is -2.38. The van der Waals surface area contributed by atoms with Gasteiger partial charge < -0.3 is 14.2 Å². The molecule has 0 amide bonds. The van der Waals surface area contributed by atoms with Gasteiger partial charge in [0.2, 0.25) is 6.23 Å². The first-order valence-corrected chi connectivity index (χ1v) is 11.8. The Balaban J connectivity index is 1.27. The summed E-state index contributed by atoms with van der Waals surface area (Å²) >= 11 is 0. The standard InChI is InChI=1S/C30H26N2O3/c1-33-24-15-11-22(12-16-24)27-19-28-26-9-5-6-10-29(26)35-30(32(28)31-27)23-13-17-25(18-14-23)34-20-21-7-3-2-4-8-21/h2-18,28,30H,19-20H2,1H3/t28-,30+/m1/s1. The lowest BCUT2D eigenvalue weighted by Crippen LogP contribution is -2.33. The fraction of sp³-hybridized carbons (Fsp3) is 0.167. The molecule has 0 N–H and O–H groups in total. The highest BCUT2D eigenvalue weighted by molar-refractivity contribution is 6.02. The van der Waals surface area contributed by atoms with Crippen molar-refractivity contribution in [3.8, 4) is 17.2 Å². The quantitative estimate of drug-likeness (QED) is 0.327. The minimum atomic E-state index is -0.311. The number of hydrogen-bond acceptors (Lipinski definition) is 5. The zero-order chi connectivity index (χ0) is 23.6. The second-order valence-electron chi connectivity index (χ2n) is 8.73. The summed E-state index contributed by atoms with van der Waals surface area (Å²) in [5.74, 6) is 2.58. The van der Waals surface area contributed by atoms with E-state index < -0.39 is 0 Å². The van der Waals surface area contributed by atoms with E-state index in [1.165, 1.54) is 5.56 Å². The Morgan fingerprint density at radius 1 is 0.829 bits per heavy atom. The van der Waals surface area contributed by atoms with Crippen LogP contribution in [0.15, 0.2) is 108 Å². The molecule has 6 rings (SSSR count). The van der Waals surface area contributed by atoms with Gasteiger partial charge in [-0.05, 0) is 65.7 Å². The average molecular weight is 463 g/mol. The van der Waals surface area contributed by atoms with E-state index in [9.17, 15) is 0 Å². The van der Waals surface area contributed by atoms with Crippen molar-refractivity contribution >= 4 is 5.71 Å². The molecular formula is C30H26N2O3. The molecule has 0 fully saturated rings. The largest absolute Gasteiger partial charge is 0.497 e. The number of para-hydroxylation sites is 1. The lowest BCUT2D eigenvalue weighted by molar-refractivity contribution is -0.0190. The average Bonchev–Trinajstić information content (AvgIpc) is 3.38. The summed E-state index contributed by atoms with van der Waals surface area (Å²) in [5, 5.41) is 7.14. The number of hydrazone groups is 1. The molecule has 0 spiro atoms. The topological polar surface area (TPSA) is 43.3 Å². The fourth-order valence-electron chi connectivity index (χ4n) is 4.68. The van der Waals surface area contributed by atoms with Crippen LogP contribution in [0.1, 0.15) is 40.9 Å². The SMILES string of the molecule is COc1ccc(C2=NN3[C@H](C2)c2ccccc2O[C@H]3c2ccc(OCc3ccccc3)cc2)cc1. The molecule has 0 aliphatic carbocycles. The van der Waals surface area contributed by atoms with E-state index >= 15 is 0 Å². The second-order valence-corrected chi connectivity index (χ2v) is 8.73. The maximum atomic E-state index is 6.48. The van der Waals surface area contributed by atoms with Crippen LogP contribution in [0.25, 0.3) is 0 Å². The molecule has 2 heterocycles. The molecule has 5 nitrogen and oxygen atoms in total. The summed E-state index contributed by atoms with van der Waals surface area (Å²) in [4.78, 5) is 0. The molecule has 4 aromatic rings. The van der Waals surface area contributed by atoms with Crippen molar-refractivity contribution in [2.75, 3.05) is 7.11 Å². The summed E-state index contributed by atoms with van der Waals surface area (Å²) in [6.07, 6.45) is 0.510. The molecule has 0 saturated heterocycles. The van der Waals surface area contributed by atoms with Crippen LogP contribution in [-0.2, 0) is 6.61 Å². The first-order chi connectivity index (χ1) is 17.3. The monoisotopic (exact) mass is 462 g/mol. The van der Waals surface area contributed by atoms with Crippen molar-refractivity contribution in [2.24, 2.45) is 5.10 Å². The highest BCUT2D eigenvalue weighted by Gasteiger charge is 2.40. The molecule has 0 bridgehead atoms. The third-order valence-corrected chi connectivity index (χ3v) is 6.54. The minimum absolute atomic E-state index is 0.121. The summed E-state index contributed by atoms with van der Waals surface area (Å²) in [6.45, 7) is 0.539. The third-order valence-electron chi connectivity index (χ3n) is 6.54. The number of ether oxygens (including phenoxy) is 3. The lowest BCUT2D eigenvalue weighted by atomic mass is 9.96. The van der Waals surface area contributed by atoms with Crippen LogP contribution in [0.5, 0.6) is 17.2 Å². The van der Waals surface area contributed by atoms with Crippen molar-refractivity contribution in [2.45, 2.75) is 25.3 Å². The number of benzene rings is 4. The van der Waals surface area contributed by atoms with Gasteiger partial charge in [-0.25, -0.2) is 5.01 Å². The highest BCUT2D eigenvalue weighted by atomic mass is 16.5. The predicted molar refractivity (Wildman–Crippen MR) is 136 cm³/mol. The fourth-order valence-corrected chi connectivity index (χ4v) is 4.68. The van der Waals surface area contributed by atoms with Gasteiger partial charge in [0.05, 0.1) is 18.9 Å². The maximum Gasteiger partial charge on any atom is 0.213 e. The zero-order valence-electron chi connectivity index (χ0n) is 19.5. The summed E-state index contributed by atoms with van der Waals surface area (Å²) in [5.41, 5.74) is 5.49. The Morgan fingerprint density at radius 2 is 1.54 bits per heavy atom. The van der Waals surface area contributed by atoms with Crippen LogP contribution in [0.2, 0.25) is 0 Å². The molecule has 2 aliphatic rings. The van der Waals surface area contributed by atoms with E-state index in [2.05, 4.69) is 53.5 Å². The number of nitrogens with zero attached hydrogens (tertiary/aromatic N) is 2. The van der Waals surface area contributed by atoms with Gasteiger partial charge >= 0.3 is 0 Å². The van der Waals surface area contributed by atoms with Gasteiger partial charge in [0, 0.05) is 17.5 Å². The molecule has 0 radical (unpaired) electrons. The van der Waals surface area contributed by atoms with E-state index in [0.717, 1.165) is 46.1 Å². The van der Waals surface area contributed by atoms with Crippen LogP contribution in [-0.4, -0.2) is 17.8 Å². The molecular weight excluding hydrogens is 436 g/mol. The summed E-state index contributed by atoms with van der Waals surface area (Å²) < 4.78 is 17.8. The minimum Gasteiger partial charge on any atom is -0.497 e. The van der Waals surface area contributed by atoms with Gasteiger partial charge in [-0.1, -0.05) is 48.5 Å². The molecule has 0 aromatic heterocycles. The van der Waals surface area contributed by atoms with Crippen molar-refractivity contribution in [3.63, 3.8) is 0 Å². The molecule has 174 valence electrons. The van der Waals surface area contributed by atoms with Crippen molar-refractivity contribution < 1.29 is 14.2 Å². The predicted octanol–water partition coefficient (Wildman–Crippen LogP) is 6.52. The highest BCUT2D eigenvalue weighted by Crippen LogP contribution is 2.47. The maximum absolute atomic E-state index is 6.48. The van der Waals surface area contributed by atoms with Gasteiger partial charge in [-0.15, -0.1) is 0 Å². The van der Waals surface area contributed by atoms with Crippen molar-refractivity contribution in [1.29, 1.82) is 0 Å². The van der Waals surface area contributed by atoms with Gasteiger partial charge in [-0.2, -0.15) is 5.10 Å². The molecule has 0 unspecified atom stereocenters. The molecule has 0 saturated carbocycles. The molecule has 5 heteroatoms. The Morgan fingerprint density at radius 3 is 2.31 bits per heavy atom. The van der Waals surface area contributed by atoms with Gasteiger partial charge in [-0.3, -0.25) is 0 Å². The molecule has 2 atom stereocenters. The van der Waals surface area contributed by atoms with Crippen LogP contribution in [0.3, 0.4) is 0 Å². The second kappa shape index (κ2) is 9.18.